The average Bonchev–Trinajstić information content (AvgIpc) is 2.57. The summed E-state index contributed by atoms with van der Waals surface area (Å²) in [5.74, 6) is -2.08. The summed E-state index contributed by atoms with van der Waals surface area (Å²) in [4.78, 5) is 33.9. The van der Waals surface area contributed by atoms with Gasteiger partial charge in [0.15, 0.2) is 6.61 Å². The Labute approximate surface area is 149 Å². The zero-order chi connectivity index (χ0) is 18.7. The fraction of sp³-hybridized carbons (Fsp3) is 0.333. The Balaban J connectivity index is 2.59. The van der Waals surface area contributed by atoms with Gasteiger partial charge in [-0.3, -0.25) is 14.4 Å². The first-order valence-electron chi connectivity index (χ1n) is 7.25. The topological polar surface area (TPSA) is 132 Å². The number of halogens is 1. The largest absolute Gasteiger partial charge is 0.483 e. The molecule has 1 aromatic carbocycles. The number of nitrogens with two attached hydrogens (primary N) is 1. The van der Waals surface area contributed by atoms with Gasteiger partial charge in [-0.2, -0.15) is 5.10 Å². The molecule has 0 unspecified atom stereocenters. The highest BCUT2D eigenvalue weighted by Gasteiger charge is 2.11. The third-order valence-corrected chi connectivity index (χ3v) is 2.96. The van der Waals surface area contributed by atoms with Crippen molar-refractivity contribution in [2.45, 2.75) is 6.42 Å². The first kappa shape index (κ1) is 20.4. The average molecular weight is 371 g/mol. The minimum absolute atomic E-state index is 0.296. The molecule has 0 aliphatic rings. The lowest BCUT2D eigenvalue weighted by atomic mass is 10.2. The number of hydrazone groups is 1. The van der Waals surface area contributed by atoms with Crippen LogP contribution in [0.4, 0.5) is 0 Å². The summed E-state index contributed by atoms with van der Waals surface area (Å²) >= 11 is 5.88. The number of hydrogen-bond donors (Lipinski definition) is 3. The van der Waals surface area contributed by atoms with Gasteiger partial charge in [0, 0.05) is 30.8 Å². The Kier molecular flexibility index (Phi) is 8.97. The van der Waals surface area contributed by atoms with Crippen molar-refractivity contribution >= 4 is 35.5 Å². The van der Waals surface area contributed by atoms with E-state index in [0.717, 1.165) is 0 Å². The lowest BCUT2D eigenvalue weighted by Crippen LogP contribution is -2.38. The Bertz CT molecular complexity index is 651. The first-order valence-corrected chi connectivity index (χ1v) is 7.62. The van der Waals surface area contributed by atoms with E-state index in [9.17, 15) is 14.4 Å². The van der Waals surface area contributed by atoms with Crippen LogP contribution in [0.5, 0.6) is 5.75 Å². The van der Waals surface area contributed by atoms with E-state index in [1.165, 1.54) is 18.3 Å². The van der Waals surface area contributed by atoms with Crippen molar-refractivity contribution in [2.75, 3.05) is 26.9 Å². The number of methoxy groups -OCH3 is 1. The molecule has 4 N–H and O–H groups in total. The molecule has 25 heavy (non-hydrogen) atoms. The Morgan fingerprint density at radius 3 is 2.76 bits per heavy atom. The van der Waals surface area contributed by atoms with E-state index in [0.29, 0.717) is 35.9 Å². The lowest BCUT2D eigenvalue weighted by Gasteiger charge is -2.07. The minimum atomic E-state index is -0.921. The molecule has 0 aromatic heterocycles. The zero-order valence-electron chi connectivity index (χ0n) is 13.6. The van der Waals surface area contributed by atoms with Crippen molar-refractivity contribution in [3.8, 4) is 5.75 Å². The first-order chi connectivity index (χ1) is 11.9. The summed E-state index contributed by atoms with van der Waals surface area (Å²) in [5.41, 5.74) is 7.50. The maximum atomic E-state index is 11.6. The summed E-state index contributed by atoms with van der Waals surface area (Å²) in [7, 11) is 1.54. The zero-order valence-corrected chi connectivity index (χ0v) is 14.3. The molecule has 3 amide bonds. The molecule has 0 saturated heterocycles. The van der Waals surface area contributed by atoms with Crippen LogP contribution in [0.1, 0.15) is 12.0 Å². The van der Waals surface area contributed by atoms with Crippen LogP contribution in [-0.2, 0) is 19.1 Å². The molecule has 10 heteroatoms. The number of hydrogen-bond acceptors (Lipinski definition) is 6. The molecule has 0 radical (unpaired) electrons. The molecular formula is C15H19ClN4O5. The van der Waals surface area contributed by atoms with Crippen LogP contribution in [0.25, 0.3) is 0 Å². The molecule has 0 heterocycles. The maximum Gasteiger partial charge on any atom is 0.329 e. The van der Waals surface area contributed by atoms with Crippen LogP contribution in [0.2, 0.25) is 5.02 Å². The van der Waals surface area contributed by atoms with Crippen molar-refractivity contribution in [1.29, 1.82) is 0 Å². The predicted octanol–water partition coefficient (Wildman–Crippen LogP) is -0.193. The van der Waals surface area contributed by atoms with Gasteiger partial charge in [-0.15, -0.1) is 0 Å². The smallest absolute Gasteiger partial charge is 0.329 e. The number of amides is 3. The number of nitrogens with one attached hydrogen (secondary N) is 2. The van der Waals surface area contributed by atoms with Gasteiger partial charge in [-0.1, -0.05) is 11.6 Å². The molecule has 0 bridgehead atoms. The molecule has 0 spiro atoms. The third-order valence-electron chi connectivity index (χ3n) is 2.73. The van der Waals surface area contributed by atoms with Gasteiger partial charge in [0.2, 0.25) is 0 Å². The standard InChI is InChI=1S/C15H19ClN4O5/c1-24-6-2-5-18-14(22)15(23)20-19-8-10-7-11(16)3-4-12(10)25-9-13(17)21/h3-4,7-8H,2,5-6,9H2,1H3,(H2,17,21)(H,18,22)(H,20,23)/b19-8-. The SMILES string of the molecule is COCCCNC(=O)C(=O)N/N=C\c1cc(Cl)ccc1OCC(N)=O. The second-order valence-corrected chi connectivity index (χ2v) is 5.17. The van der Waals surface area contributed by atoms with Crippen LogP contribution in [0, 0.1) is 0 Å². The van der Waals surface area contributed by atoms with Crippen molar-refractivity contribution in [2.24, 2.45) is 10.8 Å². The van der Waals surface area contributed by atoms with Gasteiger partial charge in [0.25, 0.3) is 5.91 Å². The molecule has 1 aromatic rings. The van der Waals surface area contributed by atoms with Crippen LogP contribution in [0.15, 0.2) is 23.3 Å². The molecule has 0 aliphatic heterocycles. The minimum Gasteiger partial charge on any atom is -0.483 e. The van der Waals surface area contributed by atoms with E-state index in [4.69, 9.17) is 26.8 Å². The summed E-state index contributed by atoms with van der Waals surface area (Å²) in [6.45, 7) is 0.463. The Hall–Kier alpha value is -2.65. The van der Waals surface area contributed by atoms with Gasteiger partial charge in [0.1, 0.15) is 5.75 Å². The Morgan fingerprint density at radius 2 is 2.08 bits per heavy atom. The second kappa shape index (κ2) is 11.0. The van der Waals surface area contributed by atoms with E-state index < -0.39 is 17.7 Å². The van der Waals surface area contributed by atoms with Gasteiger partial charge in [0.05, 0.1) is 6.21 Å². The van der Waals surface area contributed by atoms with E-state index in [1.54, 1.807) is 13.2 Å². The molecule has 0 atom stereocenters. The van der Waals surface area contributed by atoms with Gasteiger partial charge in [-0.25, -0.2) is 5.43 Å². The molecule has 136 valence electrons. The van der Waals surface area contributed by atoms with E-state index in [1.807, 2.05) is 0 Å². The third kappa shape index (κ3) is 8.13. The number of benzene rings is 1. The molecule has 1 rings (SSSR count). The van der Waals surface area contributed by atoms with E-state index in [-0.39, 0.29) is 6.61 Å². The van der Waals surface area contributed by atoms with Crippen LogP contribution in [0.3, 0.4) is 0 Å². The Morgan fingerprint density at radius 1 is 1.32 bits per heavy atom. The second-order valence-electron chi connectivity index (χ2n) is 4.74. The van der Waals surface area contributed by atoms with Gasteiger partial charge in [-0.05, 0) is 24.6 Å². The molecule has 9 nitrogen and oxygen atoms in total. The highest BCUT2D eigenvalue weighted by atomic mass is 35.5. The number of rotatable bonds is 9. The number of ether oxygens (including phenoxy) is 2. The molecular weight excluding hydrogens is 352 g/mol. The highest BCUT2D eigenvalue weighted by Crippen LogP contribution is 2.21. The van der Waals surface area contributed by atoms with E-state index >= 15 is 0 Å². The quantitative estimate of drug-likeness (QED) is 0.240. The van der Waals surface area contributed by atoms with Crippen LogP contribution in [-0.4, -0.2) is 50.8 Å². The number of nitrogens with zero attached hydrogens (tertiary/aromatic N) is 1. The van der Waals surface area contributed by atoms with Crippen molar-refractivity contribution < 1.29 is 23.9 Å². The highest BCUT2D eigenvalue weighted by molar-refractivity contribution is 6.35. The molecule has 0 fully saturated rings. The number of carbonyl (C=O) groups excluding carboxylic acids is 3. The summed E-state index contributed by atoms with van der Waals surface area (Å²) in [5, 5.41) is 6.49. The summed E-state index contributed by atoms with van der Waals surface area (Å²) in [6, 6.07) is 4.59. The van der Waals surface area contributed by atoms with Crippen molar-refractivity contribution in [1.82, 2.24) is 10.7 Å². The monoisotopic (exact) mass is 370 g/mol. The number of primary amides is 1. The van der Waals surface area contributed by atoms with Crippen molar-refractivity contribution in [3.63, 3.8) is 0 Å². The van der Waals surface area contributed by atoms with Crippen LogP contribution < -0.4 is 21.2 Å². The molecule has 0 aliphatic carbocycles. The van der Waals surface area contributed by atoms with E-state index in [2.05, 4.69) is 15.8 Å². The number of carbonyl (C=O) groups is 3. The maximum absolute atomic E-state index is 11.6. The normalized spacial score (nSPS) is 10.5. The summed E-state index contributed by atoms with van der Waals surface area (Å²) < 4.78 is 10.0. The van der Waals surface area contributed by atoms with Gasteiger partial charge < -0.3 is 20.5 Å². The van der Waals surface area contributed by atoms with Crippen LogP contribution >= 0.6 is 11.6 Å². The predicted molar refractivity (Wildman–Crippen MR) is 91.4 cm³/mol. The van der Waals surface area contributed by atoms with Crippen molar-refractivity contribution in [3.05, 3.63) is 28.8 Å². The lowest BCUT2D eigenvalue weighted by molar-refractivity contribution is -0.139. The molecule has 0 saturated carbocycles. The fourth-order valence-electron chi connectivity index (χ4n) is 1.61. The summed E-state index contributed by atoms with van der Waals surface area (Å²) in [6.07, 6.45) is 1.82. The fourth-order valence-corrected chi connectivity index (χ4v) is 1.79. The van der Waals surface area contributed by atoms with Gasteiger partial charge >= 0.3 is 11.8 Å².